The molecule has 2 N–H and O–H groups in total. The summed E-state index contributed by atoms with van der Waals surface area (Å²) in [4.78, 5) is 2.42. The summed E-state index contributed by atoms with van der Waals surface area (Å²) in [5.41, 5.74) is 8.32. The summed E-state index contributed by atoms with van der Waals surface area (Å²) >= 11 is 0. The maximum atomic E-state index is 5.89. The molecule has 3 rings (SSSR count). The zero-order chi connectivity index (χ0) is 13.2. The lowest BCUT2D eigenvalue weighted by Crippen LogP contribution is -2.24. The second-order valence-corrected chi connectivity index (χ2v) is 5.32. The van der Waals surface area contributed by atoms with Crippen LogP contribution in [0.15, 0.2) is 47.1 Å². The van der Waals surface area contributed by atoms with Crippen LogP contribution < -0.4 is 10.6 Å². The molecule has 1 atom stereocenters. The highest BCUT2D eigenvalue weighted by molar-refractivity contribution is 5.50. The molecule has 0 bridgehead atoms. The molecule has 1 aromatic heterocycles. The molecule has 0 aliphatic heterocycles. The van der Waals surface area contributed by atoms with E-state index in [1.165, 1.54) is 24.1 Å². The largest absolute Gasteiger partial charge is 0.467 e. The van der Waals surface area contributed by atoms with E-state index in [1.807, 2.05) is 19.1 Å². The first-order valence-electron chi connectivity index (χ1n) is 6.88. The van der Waals surface area contributed by atoms with Crippen molar-refractivity contribution in [3.8, 4) is 0 Å². The minimum atomic E-state index is 0.0912. The van der Waals surface area contributed by atoms with Crippen molar-refractivity contribution in [1.29, 1.82) is 0 Å². The van der Waals surface area contributed by atoms with E-state index in [4.69, 9.17) is 10.2 Å². The van der Waals surface area contributed by atoms with Gasteiger partial charge in [0.1, 0.15) is 5.76 Å². The van der Waals surface area contributed by atoms with E-state index in [0.29, 0.717) is 6.04 Å². The van der Waals surface area contributed by atoms with E-state index in [9.17, 15) is 0 Å². The first-order chi connectivity index (χ1) is 9.24. The van der Waals surface area contributed by atoms with Gasteiger partial charge in [-0.25, -0.2) is 0 Å². The van der Waals surface area contributed by atoms with Crippen LogP contribution >= 0.6 is 0 Å². The molecule has 1 saturated carbocycles. The summed E-state index contributed by atoms with van der Waals surface area (Å²) in [6.07, 6.45) is 4.28. The highest BCUT2D eigenvalue weighted by Gasteiger charge is 2.29. The summed E-state index contributed by atoms with van der Waals surface area (Å²) in [7, 11) is 0. The predicted octanol–water partition coefficient (Wildman–Crippen LogP) is 3.47. The van der Waals surface area contributed by atoms with Gasteiger partial charge in [0.05, 0.1) is 12.8 Å². The maximum absolute atomic E-state index is 5.89. The third-order valence-electron chi connectivity index (χ3n) is 3.64. The van der Waals surface area contributed by atoms with E-state index in [-0.39, 0.29) is 6.04 Å². The zero-order valence-corrected chi connectivity index (χ0v) is 11.3. The topological polar surface area (TPSA) is 42.4 Å². The van der Waals surface area contributed by atoms with Crippen molar-refractivity contribution in [1.82, 2.24) is 0 Å². The highest BCUT2D eigenvalue weighted by Crippen LogP contribution is 2.33. The molecule has 3 nitrogen and oxygen atoms in total. The molecule has 3 heteroatoms. The Labute approximate surface area is 114 Å². The van der Waals surface area contributed by atoms with Crippen LogP contribution in [0.3, 0.4) is 0 Å². The Morgan fingerprint density at radius 2 is 2.00 bits per heavy atom. The lowest BCUT2D eigenvalue weighted by molar-refractivity contribution is 0.501. The quantitative estimate of drug-likeness (QED) is 0.890. The van der Waals surface area contributed by atoms with Gasteiger partial charge in [0.2, 0.25) is 0 Å². The fraction of sp³-hybridized carbons (Fsp3) is 0.375. The van der Waals surface area contributed by atoms with Gasteiger partial charge in [0.15, 0.2) is 0 Å². The van der Waals surface area contributed by atoms with Crippen molar-refractivity contribution in [3.63, 3.8) is 0 Å². The molecule has 1 fully saturated rings. The van der Waals surface area contributed by atoms with E-state index in [2.05, 4.69) is 29.2 Å². The third-order valence-corrected chi connectivity index (χ3v) is 3.64. The lowest BCUT2D eigenvalue weighted by atomic mass is 10.1. The number of nitrogens with two attached hydrogens (primary N) is 1. The Kier molecular flexibility index (Phi) is 3.30. The van der Waals surface area contributed by atoms with Gasteiger partial charge >= 0.3 is 0 Å². The van der Waals surface area contributed by atoms with Crippen LogP contribution in [0.2, 0.25) is 0 Å². The van der Waals surface area contributed by atoms with E-state index in [0.717, 1.165) is 12.3 Å². The number of benzene rings is 1. The SMILES string of the molecule is C[C@@H](N)c1ccc(N(Cc2ccco2)C2CC2)cc1. The molecule has 0 saturated heterocycles. The Hall–Kier alpha value is -1.74. The van der Waals surface area contributed by atoms with Gasteiger partial charge in [-0.1, -0.05) is 12.1 Å². The molecule has 1 aliphatic carbocycles. The summed E-state index contributed by atoms with van der Waals surface area (Å²) in [6, 6.07) is 13.3. The molecule has 0 unspecified atom stereocenters. The first kappa shape index (κ1) is 12.3. The van der Waals surface area contributed by atoms with Gasteiger partial charge in [-0.05, 0) is 49.6 Å². The van der Waals surface area contributed by atoms with Crippen LogP contribution in [0.25, 0.3) is 0 Å². The third kappa shape index (κ3) is 2.82. The van der Waals surface area contributed by atoms with Gasteiger partial charge < -0.3 is 15.1 Å². The van der Waals surface area contributed by atoms with Crippen LogP contribution in [-0.4, -0.2) is 6.04 Å². The van der Waals surface area contributed by atoms with E-state index in [1.54, 1.807) is 6.26 Å². The Morgan fingerprint density at radius 1 is 1.26 bits per heavy atom. The average molecular weight is 256 g/mol. The normalized spacial score (nSPS) is 16.3. The molecule has 1 heterocycles. The number of rotatable bonds is 5. The van der Waals surface area contributed by atoms with Gasteiger partial charge in [-0.3, -0.25) is 0 Å². The molecule has 2 aromatic rings. The van der Waals surface area contributed by atoms with E-state index >= 15 is 0 Å². The van der Waals surface area contributed by atoms with Crippen molar-refractivity contribution in [3.05, 3.63) is 54.0 Å². The first-order valence-corrected chi connectivity index (χ1v) is 6.88. The summed E-state index contributed by atoms with van der Waals surface area (Å²) in [5.74, 6) is 1.02. The molecule has 0 radical (unpaired) electrons. The van der Waals surface area contributed by atoms with Crippen molar-refractivity contribution in [2.45, 2.75) is 38.4 Å². The fourth-order valence-corrected chi connectivity index (χ4v) is 2.36. The second kappa shape index (κ2) is 5.10. The number of anilines is 1. The van der Waals surface area contributed by atoms with Crippen molar-refractivity contribution >= 4 is 5.69 Å². The number of nitrogens with zero attached hydrogens (tertiary/aromatic N) is 1. The molecular weight excluding hydrogens is 236 g/mol. The number of furan rings is 1. The van der Waals surface area contributed by atoms with Crippen LogP contribution in [0, 0.1) is 0 Å². The smallest absolute Gasteiger partial charge is 0.123 e. The molecule has 19 heavy (non-hydrogen) atoms. The molecule has 1 aliphatic rings. The molecule has 1 aromatic carbocycles. The van der Waals surface area contributed by atoms with E-state index < -0.39 is 0 Å². The average Bonchev–Trinajstić information content (AvgIpc) is 3.13. The number of hydrogen-bond acceptors (Lipinski definition) is 3. The second-order valence-electron chi connectivity index (χ2n) is 5.32. The van der Waals surface area contributed by atoms with Gasteiger partial charge in [0.25, 0.3) is 0 Å². The van der Waals surface area contributed by atoms with Gasteiger partial charge in [-0.15, -0.1) is 0 Å². The van der Waals surface area contributed by atoms with Gasteiger partial charge in [0, 0.05) is 17.8 Å². The fourth-order valence-electron chi connectivity index (χ4n) is 2.36. The Morgan fingerprint density at radius 3 is 2.53 bits per heavy atom. The lowest BCUT2D eigenvalue weighted by Gasteiger charge is -2.24. The maximum Gasteiger partial charge on any atom is 0.123 e. The number of hydrogen-bond donors (Lipinski definition) is 1. The minimum Gasteiger partial charge on any atom is -0.467 e. The predicted molar refractivity (Wildman–Crippen MR) is 77.0 cm³/mol. The molecule has 0 amide bonds. The summed E-state index contributed by atoms with van der Waals surface area (Å²) in [5, 5.41) is 0. The minimum absolute atomic E-state index is 0.0912. The van der Waals surface area contributed by atoms with Crippen molar-refractivity contribution in [2.24, 2.45) is 5.73 Å². The standard InChI is InChI=1S/C16H20N2O/c1-12(17)13-4-6-14(7-5-13)18(15-8-9-15)11-16-3-2-10-19-16/h2-7,10,12,15H,8-9,11,17H2,1H3/t12-/m1/s1. The zero-order valence-electron chi connectivity index (χ0n) is 11.3. The van der Waals surface area contributed by atoms with Crippen LogP contribution in [0.5, 0.6) is 0 Å². The van der Waals surface area contributed by atoms with Gasteiger partial charge in [-0.2, -0.15) is 0 Å². The summed E-state index contributed by atoms with van der Waals surface area (Å²) in [6.45, 7) is 2.85. The Bertz CT molecular complexity index is 512. The Balaban J connectivity index is 1.79. The molecular formula is C16H20N2O. The van der Waals surface area contributed by atoms with Crippen molar-refractivity contribution < 1.29 is 4.42 Å². The molecule has 0 spiro atoms. The van der Waals surface area contributed by atoms with Crippen molar-refractivity contribution in [2.75, 3.05) is 4.90 Å². The van der Waals surface area contributed by atoms with Crippen LogP contribution in [-0.2, 0) is 6.54 Å². The molecule has 100 valence electrons. The monoisotopic (exact) mass is 256 g/mol. The summed E-state index contributed by atoms with van der Waals surface area (Å²) < 4.78 is 5.46. The van der Waals surface area contributed by atoms with Crippen LogP contribution in [0.4, 0.5) is 5.69 Å². The highest BCUT2D eigenvalue weighted by atomic mass is 16.3. The van der Waals surface area contributed by atoms with Crippen LogP contribution in [0.1, 0.15) is 37.1 Å².